The standard InChI is InChI=1S/C25H27FN2O/c1-3-11-28-12-10-25(17-6-4-7-19(13-17)29-2)15-23-20(14-18(25)16-28)24-21(26)8-5-9-22(24)27-23/h3-9,13,18,27H,1,10-12,14-16H2,2H3/t18?,25-/m1/s1. The molecule has 1 N–H and O–H groups in total. The fourth-order valence-electron chi connectivity index (χ4n) is 5.66. The first-order valence-corrected chi connectivity index (χ1v) is 10.4. The van der Waals surface area contributed by atoms with E-state index in [0.29, 0.717) is 5.92 Å². The van der Waals surface area contributed by atoms with E-state index in [1.807, 2.05) is 18.2 Å². The van der Waals surface area contributed by atoms with E-state index >= 15 is 0 Å². The maximum atomic E-state index is 14.7. The number of fused-ring (bicyclic) bond motifs is 4. The van der Waals surface area contributed by atoms with Gasteiger partial charge in [0, 0.05) is 35.1 Å². The number of hydrogen-bond acceptors (Lipinski definition) is 2. The van der Waals surface area contributed by atoms with Crippen LogP contribution < -0.4 is 4.74 Å². The Morgan fingerprint density at radius 2 is 2.17 bits per heavy atom. The summed E-state index contributed by atoms with van der Waals surface area (Å²) in [4.78, 5) is 6.03. The third kappa shape index (κ3) is 2.89. The highest BCUT2D eigenvalue weighted by Crippen LogP contribution is 2.49. The summed E-state index contributed by atoms with van der Waals surface area (Å²) < 4.78 is 20.2. The van der Waals surface area contributed by atoms with Crippen molar-refractivity contribution in [2.45, 2.75) is 24.7 Å². The van der Waals surface area contributed by atoms with E-state index in [1.54, 1.807) is 19.2 Å². The number of halogens is 1. The highest BCUT2D eigenvalue weighted by atomic mass is 19.1. The molecule has 1 fully saturated rings. The van der Waals surface area contributed by atoms with E-state index in [1.165, 1.54) is 16.8 Å². The summed E-state index contributed by atoms with van der Waals surface area (Å²) in [6, 6.07) is 13.9. The Balaban J connectivity index is 1.65. The van der Waals surface area contributed by atoms with Gasteiger partial charge in [-0.2, -0.15) is 0 Å². The predicted octanol–water partition coefficient (Wildman–Crippen LogP) is 4.86. The average Bonchev–Trinajstić information content (AvgIpc) is 3.10. The van der Waals surface area contributed by atoms with Gasteiger partial charge >= 0.3 is 0 Å². The minimum Gasteiger partial charge on any atom is -0.497 e. The lowest BCUT2D eigenvalue weighted by Gasteiger charge is -2.51. The molecule has 3 aromatic rings. The highest BCUT2D eigenvalue weighted by Gasteiger charge is 2.48. The van der Waals surface area contributed by atoms with Crippen molar-refractivity contribution in [3.63, 3.8) is 0 Å². The smallest absolute Gasteiger partial charge is 0.132 e. The molecule has 1 saturated heterocycles. The number of likely N-dealkylation sites (tertiary alicyclic amines) is 1. The van der Waals surface area contributed by atoms with Crippen molar-refractivity contribution < 1.29 is 9.13 Å². The summed E-state index contributed by atoms with van der Waals surface area (Å²) in [5.41, 5.74) is 4.65. The number of aromatic amines is 1. The van der Waals surface area contributed by atoms with Gasteiger partial charge < -0.3 is 9.72 Å². The molecule has 5 rings (SSSR count). The van der Waals surface area contributed by atoms with Crippen LogP contribution in [0.4, 0.5) is 4.39 Å². The van der Waals surface area contributed by atoms with Gasteiger partial charge in [0.2, 0.25) is 0 Å². The molecule has 2 heterocycles. The molecule has 29 heavy (non-hydrogen) atoms. The average molecular weight is 391 g/mol. The molecule has 2 atom stereocenters. The Bertz CT molecular complexity index is 1070. The van der Waals surface area contributed by atoms with Crippen LogP contribution in [0.1, 0.15) is 23.2 Å². The van der Waals surface area contributed by atoms with Gasteiger partial charge in [-0.3, -0.25) is 4.90 Å². The number of H-pyrrole nitrogens is 1. The van der Waals surface area contributed by atoms with Gasteiger partial charge in [-0.1, -0.05) is 24.3 Å². The number of piperidine rings is 1. The molecule has 0 spiro atoms. The van der Waals surface area contributed by atoms with Crippen LogP contribution in [0.2, 0.25) is 0 Å². The number of methoxy groups -OCH3 is 1. The summed E-state index contributed by atoms with van der Waals surface area (Å²) in [6.07, 6.45) is 4.87. The van der Waals surface area contributed by atoms with Crippen molar-refractivity contribution in [1.82, 2.24) is 9.88 Å². The van der Waals surface area contributed by atoms with E-state index in [-0.39, 0.29) is 11.2 Å². The van der Waals surface area contributed by atoms with E-state index < -0.39 is 0 Å². The van der Waals surface area contributed by atoms with E-state index in [4.69, 9.17) is 4.74 Å². The third-order valence-corrected chi connectivity index (χ3v) is 7.07. The molecule has 1 aromatic heterocycles. The molecule has 1 unspecified atom stereocenters. The van der Waals surface area contributed by atoms with Crippen LogP contribution >= 0.6 is 0 Å². The Morgan fingerprint density at radius 1 is 1.31 bits per heavy atom. The first-order chi connectivity index (χ1) is 14.1. The topological polar surface area (TPSA) is 28.3 Å². The van der Waals surface area contributed by atoms with E-state index in [9.17, 15) is 4.39 Å². The fourth-order valence-corrected chi connectivity index (χ4v) is 5.66. The van der Waals surface area contributed by atoms with Gasteiger partial charge in [0.25, 0.3) is 0 Å². The Kier molecular flexibility index (Phi) is 4.47. The lowest BCUT2D eigenvalue weighted by molar-refractivity contribution is 0.0895. The van der Waals surface area contributed by atoms with Gasteiger partial charge in [0.05, 0.1) is 7.11 Å². The lowest BCUT2D eigenvalue weighted by atomic mass is 9.58. The summed E-state index contributed by atoms with van der Waals surface area (Å²) >= 11 is 0. The molecule has 2 aromatic carbocycles. The lowest BCUT2D eigenvalue weighted by Crippen LogP contribution is -2.53. The number of nitrogens with zero attached hydrogens (tertiary/aromatic N) is 1. The van der Waals surface area contributed by atoms with Crippen LogP contribution in [0.3, 0.4) is 0 Å². The second-order valence-corrected chi connectivity index (χ2v) is 8.51. The Hall–Kier alpha value is -2.59. The molecule has 0 radical (unpaired) electrons. The molecular weight excluding hydrogens is 363 g/mol. The summed E-state index contributed by atoms with van der Waals surface area (Å²) in [7, 11) is 1.72. The molecule has 0 bridgehead atoms. The van der Waals surface area contributed by atoms with Crippen molar-refractivity contribution in [1.29, 1.82) is 0 Å². The minimum absolute atomic E-state index is 0.0383. The summed E-state index contributed by atoms with van der Waals surface area (Å²) in [5.74, 6) is 1.21. The van der Waals surface area contributed by atoms with Crippen LogP contribution in [-0.4, -0.2) is 36.6 Å². The van der Waals surface area contributed by atoms with Crippen molar-refractivity contribution in [2.75, 3.05) is 26.7 Å². The number of ether oxygens (including phenoxy) is 1. The number of aromatic nitrogens is 1. The minimum atomic E-state index is -0.118. The number of nitrogens with one attached hydrogen (secondary N) is 1. The Morgan fingerprint density at radius 3 is 3.00 bits per heavy atom. The normalized spacial score (nSPS) is 24.1. The maximum absolute atomic E-state index is 14.7. The van der Waals surface area contributed by atoms with Gasteiger partial charge in [-0.05, 0) is 67.1 Å². The second-order valence-electron chi connectivity index (χ2n) is 8.51. The maximum Gasteiger partial charge on any atom is 0.132 e. The van der Waals surface area contributed by atoms with Crippen molar-refractivity contribution in [3.8, 4) is 5.75 Å². The summed E-state index contributed by atoms with van der Waals surface area (Å²) in [5, 5.41) is 0.780. The fraction of sp³-hybridized carbons (Fsp3) is 0.360. The molecule has 2 aliphatic rings. The van der Waals surface area contributed by atoms with Gasteiger partial charge in [0.15, 0.2) is 0 Å². The molecule has 0 amide bonds. The monoisotopic (exact) mass is 390 g/mol. The van der Waals surface area contributed by atoms with E-state index in [0.717, 1.165) is 55.5 Å². The first kappa shape index (κ1) is 18.4. The van der Waals surface area contributed by atoms with Gasteiger partial charge in [-0.15, -0.1) is 6.58 Å². The molecule has 1 aliphatic heterocycles. The molecule has 0 saturated carbocycles. The zero-order valence-electron chi connectivity index (χ0n) is 16.9. The SMILES string of the molecule is C=CCN1CC[C@]2(c3cccc(OC)c3)Cc3[nH]c4cccc(F)c4c3CC2C1. The molecular formula is C25H27FN2O. The third-order valence-electron chi connectivity index (χ3n) is 7.07. The van der Waals surface area contributed by atoms with Crippen LogP contribution in [0.25, 0.3) is 10.9 Å². The van der Waals surface area contributed by atoms with Crippen LogP contribution in [-0.2, 0) is 18.3 Å². The van der Waals surface area contributed by atoms with Crippen LogP contribution in [0.15, 0.2) is 55.1 Å². The first-order valence-electron chi connectivity index (χ1n) is 10.4. The largest absolute Gasteiger partial charge is 0.497 e. The van der Waals surface area contributed by atoms with Crippen molar-refractivity contribution in [2.24, 2.45) is 5.92 Å². The summed E-state index contributed by atoms with van der Waals surface area (Å²) in [6.45, 7) is 6.88. The van der Waals surface area contributed by atoms with Crippen LogP contribution in [0.5, 0.6) is 5.75 Å². The van der Waals surface area contributed by atoms with Crippen LogP contribution in [0, 0.1) is 11.7 Å². The second kappa shape index (κ2) is 7.03. The zero-order chi connectivity index (χ0) is 20.0. The van der Waals surface area contributed by atoms with Gasteiger partial charge in [-0.25, -0.2) is 4.39 Å². The molecule has 150 valence electrons. The predicted molar refractivity (Wildman–Crippen MR) is 115 cm³/mol. The number of hydrogen-bond donors (Lipinski definition) is 1. The molecule has 1 aliphatic carbocycles. The number of rotatable bonds is 4. The van der Waals surface area contributed by atoms with Crippen molar-refractivity contribution in [3.05, 3.63) is 77.8 Å². The molecule has 4 heteroatoms. The van der Waals surface area contributed by atoms with E-state index in [2.05, 4.69) is 34.7 Å². The quantitative estimate of drug-likeness (QED) is 0.645. The zero-order valence-corrected chi connectivity index (χ0v) is 16.9. The Labute approximate surface area is 171 Å². The van der Waals surface area contributed by atoms with Gasteiger partial charge in [0.1, 0.15) is 11.6 Å². The molecule has 3 nitrogen and oxygen atoms in total. The number of benzene rings is 2. The highest BCUT2D eigenvalue weighted by molar-refractivity contribution is 5.85. The van der Waals surface area contributed by atoms with Crippen molar-refractivity contribution >= 4 is 10.9 Å².